The van der Waals surface area contributed by atoms with E-state index in [4.69, 9.17) is 4.42 Å². The van der Waals surface area contributed by atoms with Gasteiger partial charge in [-0.15, -0.1) is 0 Å². The van der Waals surface area contributed by atoms with Crippen LogP contribution in [0.15, 0.2) is 253 Å². The molecule has 0 radical (unpaired) electrons. The van der Waals surface area contributed by atoms with Crippen LogP contribution in [0.4, 0.5) is 17.1 Å². The van der Waals surface area contributed by atoms with Crippen molar-refractivity contribution in [1.29, 1.82) is 0 Å². The summed E-state index contributed by atoms with van der Waals surface area (Å²) >= 11 is 0. The van der Waals surface area contributed by atoms with E-state index in [2.05, 4.69) is 267 Å². The van der Waals surface area contributed by atoms with Crippen LogP contribution >= 0.6 is 0 Å². The highest BCUT2D eigenvalue weighted by Crippen LogP contribution is 2.59. The van der Waals surface area contributed by atoms with Crippen LogP contribution in [0.25, 0.3) is 77.2 Å². The number of furan rings is 1. The van der Waals surface area contributed by atoms with Crippen LogP contribution in [0.3, 0.4) is 0 Å². The van der Waals surface area contributed by atoms with Crippen molar-refractivity contribution in [2.24, 2.45) is 0 Å². The quantitative estimate of drug-likeness (QED) is 0.158. The molecular formula is C68H47NO. The van der Waals surface area contributed by atoms with Crippen LogP contribution in [-0.4, -0.2) is 0 Å². The first kappa shape index (κ1) is 40.4. The molecule has 11 aromatic carbocycles. The minimum Gasteiger partial charge on any atom is -0.454 e. The van der Waals surface area contributed by atoms with Gasteiger partial charge < -0.3 is 9.32 Å². The zero-order valence-electron chi connectivity index (χ0n) is 39.0. The highest BCUT2D eigenvalue weighted by atomic mass is 16.3. The fraction of sp³-hybridized carbons (Fsp3) is 0.0588. The van der Waals surface area contributed by atoms with Gasteiger partial charge in [-0.05, 0) is 119 Å². The first-order chi connectivity index (χ1) is 34.5. The van der Waals surface area contributed by atoms with Crippen molar-refractivity contribution in [3.05, 3.63) is 282 Å². The summed E-state index contributed by atoms with van der Waals surface area (Å²) in [5, 5.41) is 4.57. The number of anilines is 3. The highest BCUT2D eigenvalue weighted by molar-refractivity contribution is 6.22. The van der Waals surface area contributed by atoms with Crippen LogP contribution in [0.5, 0.6) is 0 Å². The monoisotopic (exact) mass is 893 g/mol. The predicted molar refractivity (Wildman–Crippen MR) is 292 cm³/mol. The van der Waals surface area contributed by atoms with Crippen LogP contribution in [0, 0.1) is 0 Å². The van der Waals surface area contributed by atoms with Crippen molar-refractivity contribution in [2.75, 3.05) is 4.90 Å². The third-order valence-corrected chi connectivity index (χ3v) is 15.6. The topological polar surface area (TPSA) is 16.4 Å². The lowest BCUT2D eigenvalue weighted by Gasteiger charge is -2.35. The summed E-state index contributed by atoms with van der Waals surface area (Å²) in [5.74, 6) is 0. The van der Waals surface area contributed by atoms with Crippen molar-refractivity contribution >= 4 is 49.8 Å². The van der Waals surface area contributed by atoms with Gasteiger partial charge in [0.05, 0.1) is 11.1 Å². The van der Waals surface area contributed by atoms with E-state index < -0.39 is 5.41 Å². The Morgan fingerprint density at radius 3 is 1.57 bits per heavy atom. The molecule has 330 valence electrons. The Balaban J connectivity index is 1.13. The van der Waals surface area contributed by atoms with Crippen LogP contribution < -0.4 is 4.90 Å². The van der Waals surface area contributed by atoms with Crippen LogP contribution in [0.1, 0.15) is 47.2 Å². The molecule has 0 spiro atoms. The molecule has 0 N–H and O–H groups in total. The van der Waals surface area contributed by atoms with Gasteiger partial charge >= 0.3 is 0 Å². The molecule has 70 heavy (non-hydrogen) atoms. The van der Waals surface area contributed by atoms with Gasteiger partial charge in [0.1, 0.15) is 5.58 Å². The maximum absolute atomic E-state index is 7.39. The average Bonchev–Trinajstić information content (AvgIpc) is 4.03. The number of benzene rings is 11. The highest BCUT2D eigenvalue weighted by Gasteiger charge is 2.46. The largest absolute Gasteiger partial charge is 0.454 e. The normalized spacial score (nSPS) is 13.8. The van der Waals surface area contributed by atoms with E-state index in [1.165, 1.54) is 66.4 Å². The summed E-state index contributed by atoms with van der Waals surface area (Å²) in [6.45, 7) is 4.75. The summed E-state index contributed by atoms with van der Waals surface area (Å²) in [5.41, 5.74) is 21.3. The fourth-order valence-corrected chi connectivity index (χ4v) is 12.4. The lowest BCUT2D eigenvalue weighted by Crippen LogP contribution is -2.28. The van der Waals surface area contributed by atoms with E-state index >= 15 is 0 Å². The first-order valence-corrected chi connectivity index (χ1v) is 24.4. The Bertz CT molecular complexity index is 3990. The molecule has 0 aliphatic heterocycles. The zero-order valence-corrected chi connectivity index (χ0v) is 39.0. The number of nitrogens with zero attached hydrogens (tertiary/aromatic N) is 1. The number of hydrogen-bond donors (Lipinski definition) is 0. The Hall–Kier alpha value is -8.72. The summed E-state index contributed by atoms with van der Waals surface area (Å²) in [7, 11) is 0. The van der Waals surface area contributed by atoms with Gasteiger partial charge in [0.25, 0.3) is 0 Å². The molecule has 0 unspecified atom stereocenters. The molecule has 0 saturated carbocycles. The van der Waals surface area contributed by atoms with Crippen LogP contribution in [-0.2, 0) is 10.8 Å². The zero-order chi connectivity index (χ0) is 46.6. The molecule has 0 bridgehead atoms. The Kier molecular flexibility index (Phi) is 8.88. The molecule has 2 aliphatic carbocycles. The van der Waals surface area contributed by atoms with Crippen molar-refractivity contribution in [3.8, 4) is 44.5 Å². The van der Waals surface area contributed by atoms with Gasteiger partial charge in [0, 0.05) is 33.1 Å². The van der Waals surface area contributed by atoms with Crippen molar-refractivity contribution in [1.82, 2.24) is 0 Å². The number of hydrogen-bond acceptors (Lipinski definition) is 2. The summed E-state index contributed by atoms with van der Waals surface area (Å²) in [6.07, 6.45) is 0. The Morgan fingerprint density at radius 2 is 0.871 bits per heavy atom. The van der Waals surface area contributed by atoms with Gasteiger partial charge in [0.15, 0.2) is 5.58 Å². The standard InChI is InChI=1S/C68H47NO/c1-67(2)59-32-18-16-30-53(59)55-37-35-48(42-61(55)67)69(49-36-38-56-54-31-17-19-33-60(54)68(62(56)43-49,46-23-8-4-9-24-46)47-25-10-5-11-26-47)65-57(52-29-15-14-27-50(52)44-20-6-3-7-21-44)39-40-58-64-51-28-13-12-22-45(51)34-41-63(64)70-66(58)65/h3-43H,1-2H3. The van der Waals surface area contributed by atoms with E-state index in [-0.39, 0.29) is 5.41 Å². The number of rotatable bonds is 7. The second-order valence-corrected chi connectivity index (χ2v) is 19.5. The molecular weight excluding hydrogens is 847 g/mol. The van der Waals surface area contributed by atoms with Gasteiger partial charge in [0.2, 0.25) is 0 Å². The van der Waals surface area contributed by atoms with E-state index in [1.54, 1.807) is 0 Å². The maximum atomic E-state index is 7.39. The van der Waals surface area contributed by atoms with E-state index in [0.717, 1.165) is 61.3 Å². The Morgan fingerprint density at radius 1 is 0.357 bits per heavy atom. The second kappa shape index (κ2) is 15.4. The smallest absolute Gasteiger partial charge is 0.160 e. The van der Waals surface area contributed by atoms with Gasteiger partial charge in [-0.1, -0.05) is 226 Å². The minimum absolute atomic E-state index is 0.226. The molecule has 1 heterocycles. The summed E-state index contributed by atoms with van der Waals surface area (Å²) in [4.78, 5) is 2.52. The third-order valence-electron chi connectivity index (χ3n) is 15.6. The molecule has 2 heteroatoms. The van der Waals surface area contributed by atoms with Gasteiger partial charge in [-0.2, -0.15) is 0 Å². The van der Waals surface area contributed by atoms with Crippen molar-refractivity contribution in [3.63, 3.8) is 0 Å². The molecule has 0 amide bonds. The average molecular weight is 894 g/mol. The second-order valence-electron chi connectivity index (χ2n) is 19.5. The SMILES string of the molecule is CC1(C)c2ccccc2-c2ccc(N(c3ccc4c(c3)C(c3ccccc3)(c3ccccc3)c3ccccc3-4)c3c(-c4ccccc4-c4ccccc4)ccc4c3oc3ccc5ccccc5c34)cc21. The van der Waals surface area contributed by atoms with Crippen molar-refractivity contribution in [2.45, 2.75) is 24.7 Å². The molecule has 2 nitrogen and oxygen atoms in total. The molecule has 0 saturated heterocycles. The summed E-state index contributed by atoms with van der Waals surface area (Å²) < 4.78 is 7.39. The van der Waals surface area contributed by atoms with E-state index in [9.17, 15) is 0 Å². The predicted octanol–water partition coefficient (Wildman–Crippen LogP) is 18.2. The van der Waals surface area contributed by atoms with E-state index in [1.807, 2.05) is 0 Å². The lowest BCUT2D eigenvalue weighted by atomic mass is 9.67. The molecule has 0 fully saturated rings. The maximum Gasteiger partial charge on any atom is 0.160 e. The van der Waals surface area contributed by atoms with Crippen LogP contribution in [0.2, 0.25) is 0 Å². The summed E-state index contributed by atoms with van der Waals surface area (Å²) in [6, 6.07) is 91.8. The lowest BCUT2D eigenvalue weighted by molar-refractivity contribution is 0.660. The molecule has 14 rings (SSSR count). The molecule has 0 atom stereocenters. The molecule has 2 aliphatic rings. The number of fused-ring (bicyclic) bond motifs is 11. The third kappa shape index (κ3) is 5.74. The Labute approximate surface area is 408 Å². The molecule has 1 aromatic heterocycles. The van der Waals surface area contributed by atoms with Gasteiger partial charge in [-0.25, -0.2) is 0 Å². The first-order valence-electron chi connectivity index (χ1n) is 24.4. The fourth-order valence-electron chi connectivity index (χ4n) is 12.4. The molecule has 12 aromatic rings. The van der Waals surface area contributed by atoms with E-state index in [0.29, 0.717) is 0 Å². The minimum atomic E-state index is -0.593. The van der Waals surface area contributed by atoms with Gasteiger partial charge in [-0.3, -0.25) is 0 Å². The van der Waals surface area contributed by atoms with Crippen molar-refractivity contribution < 1.29 is 4.42 Å².